The minimum Gasteiger partial charge on any atom is -0.490 e. The average molecular weight is 459 g/mol. The number of anilines is 2. The van der Waals surface area contributed by atoms with Gasteiger partial charge in [0, 0.05) is 12.6 Å². The first-order chi connectivity index (χ1) is 14.8. The van der Waals surface area contributed by atoms with Gasteiger partial charge in [-0.25, -0.2) is 8.42 Å². The monoisotopic (exact) mass is 458 g/mol. The first-order valence-electron chi connectivity index (χ1n) is 11.0. The molecule has 3 rings (SSSR count). The standard InChI is InChI=1S/C25H34N2O4S/c1-16(2)10-11-27-21-9-8-20(14-22(21)31-15-25(6,7)24(27)28)26-32(29,30)23-18(4)12-17(3)13-19(23)5/h8-9,12-14,16,26H,10-11,15H2,1-7H3. The number of carbonyl (C=O) groups is 1. The van der Waals surface area contributed by atoms with E-state index in [1.165, 1.54) is 0 Å². The van der Waals surface area contributed by atoms with Gasteiger partial charge in [0.25, 0.3) is 10.0 Å². The topological polar surface area (TPSA) is 75.7 Å². The predicted molar refractivity (Wildman–Crippen MR) is 129 cm³/mol. The lowest BCUT2D eigenvalue weighted by Gasteiger charge is -2.28. The minimum absolute atomic E-state index is 0.0103. The van der Waals surface area contributed by atoms with E-state index in [-0.39, 0.29) is 17.4 Å². The van der Waals surface area contributed by atoms with Crippen molar-refractivity contribution in [2.45, 2.75) is 59.8 Å². The van der Waals surface area contributed by atoms with Crippen LogP contribution in [0.1, 0.15) is 50.8 Å². The van der Waals surface area contributed by atoms with Gasteiger partial charge in [0.1, 0.15) is 12.4 Å². The summed E-state index contributed by atoms with van der Waals surface area (Å²) >= 11 is 0. The number of hydrogen-bond donors (Lipinski definition) is 1. The van der Waals surface area contributed by atoms with Gasteiger partial charge in [-0.05, 0) is 70.2 Å². The molecule has 1 amide bonds. The number of rotatable bonds is 6. The van der Waals surface area contributed by atoms with Gasteiger partial charge in [0.2, 0.25) is 5.91 Å². The lowest BCUT2D eigenvalue weighted by atomic mass is 9.92. The number of nitrogens with zero attached hydrogens (tertiary/aromatic N) is 1. The predicted octanol–water partition coefficient (Wildman–Crippen LogP) is 5.21. The van der Waals surface area contributed by atoms with Crippen LogP contribution in [0.15, 0.2) is 35.2 Å². The number of carbonyl (C=O) groups excluding carboxylic acids is 1. The Hall–Kier alpha value is -2.54. The first-order valence-corrected chi connectivity index (χ1v) is 12.5. The van der Waals surface area contributed by atoms with Crippen LogP contribution in [0.2, 0.25) is 0 Å². The normalized spacial score (nSPS) is 15.9. The lowest BCUT2D eigenvalue weighted by molar-refractivity contribution is -0.127. The minimum atomic E-state index is -3.78. The lowest BCUT2D eigenvalue weighted by Crippen LogP contribution is -2.42. The van der Waals surface area contributed by atoms with Gasteiger partial charge in [-0.2, -0.15) is 0 Å². The average Bonchev–Trinajstić information content (AvgIpc) is 2.74. The van der Waals surface area contributed by atoms with Crippen LogP contribution in [0.25, 0.3) is 0 Å². The Labute approximate surface area is 192 Å². The van der Waals surface area contributed by atoms with Gasteiger partial charge in [-0.1, -0.05) is 31.5 Å². The fourth-order valence-electron chi connectivity index (χ4n) is 4.12. The molecule has 0 spiro atoms. The summed E-state index contributed by atoms with van der Waals surface area (Å²) in [6.07, 6.45) is 0.863. The van der Waals surface area contributed by atoms with Crippen molar-refractivity contribution in [1.82, 2.24) is 0 Å². The molecule has 1 aliphatic heterocycles. The van der Waals surface area contributed by atoms with E-state index in [0.29, 0.717) is 40.7 Å². The zero-order valence-electron chi connectivity index (χ0n) is 20.1. The van der Waals surface area contributed by atoms with Crippen LogP contribution in [-0.2, 0) is 14.8 Å². The third kappa shape index (κ3) is 4.93. The number of aryl methyl sites for hydroxylation is 3. The van der Waals surface area contributed by atoms with Crippen molar-refractivity contribution < 1.29 is 17.9 Å². The fraction of sp³-hybridized carbons (Fsp3) is 0.480. The molecule has 0 aliphatic carbocycles. The Balaban J connectivity index is 1.98. The molecule has 174 valence electrons. The highest BCUT2D eigenvalue weighted by Gasteiger charge is 2.37. The van der Waals surface area contributed by atoms with Crippen LogP contribution in [0.5, 0.6) is 5.75 Å². The third-order valence-corrected chi connectivity index (χ3v) is 7.40. The zero-order valence-corrected chi connectivity index (χ0v) is 20.9. The molecule has 1 N–H and O–H groups in total. The second-order valence-corrected chi connectivity index (χ2v) is 11.4. The van der Waals surface area contributed by atoms with E-state index in [0.717, 1.165) is 12.0 Å². The maximum absolute atomic E-state index is 13.2. The number of benzene rings is 2. The van der Waals surface area contributed by atoms with Gasteiger partial charge in [0.05, 0.1) is 21.7 Å². The van der Waals surface area contributed by atoms with Crippen molar-refractivity contribution in [2.75, 3.05) is 22.8 Å². The van der Waals surface area contributed by atoms with Gasteiger partial charge < -0.3 is 9.64 Å². The number of nitrogens with one attached hydrogen (secondary N) is 1. The summed E-state index contributed by atoms with van der Waals surface area (Å²) in [4.78, 5) is 15.2. The number of fused-ring (bicyclic) bond motifs is 1. The summed E-state index contributed by atoms with van der Waals surface area (Å²) in [6, 6.07) is 8.85. The number of ether oxygens (including phenoxy) is 1. The molecule has 6 nitrogen and oxygen atoms in total. The Kier molecular flexibility index (Phi) is 6.61. The molecule has 0 fully saturated rings. The number of amides is 1. The van der Waals surface area contributed by atoms with E-state index in [9.17, 15) is 13.2 Å². The summed E-state index contributed by atoms with van der Waals surface area (Å²) in [5.41, 5.74) is 2.82. The Morgan fingerprint density at radius 2 is 1.72 bits per heavy atom. The molecule has 0 radical (unpaired) electrons. The number of hydrogen-bond acceptors (Lipinski definition) is 4. The van der Waals surface area contributed by atoms with E-state index < -0.39 is 15.4 Å². The zero-order chi connectivity index (χ0) is 23.8. The Morgan fingerprint density at radius 3 is 2.31 bits per heavy atom. The van der Waals surface area contributed by atoms with Crippen molar-refractivity contribution in [1.29, 1.82) is 0 Å². The smallest absolute Gasteiger partial charge is 0.262 e. The molecular weight excluding hydrogens is 424 g/mol. The van der Waals surface area contributed by atoms with Crippen molar-refractivity contribution in [3.05, 3.63) is 47.0 Å². The first kappa shape index (κ1) is 24.1. The van der Waals surface area contributed by atoms with Gasteiger partial charge in [-0.3, -0.25) is 9.52 Å². The van der Waals surface area contributed by atoms with Crippen molar-refractivity contribution in [2.24, 2.45) is 11.3 Å². The van der Waals surface area contributed by atoms with Gasteiger partial charge >= 0.3 is 0 Å². The Bertz CT molecular complexity index is 1110. The van der Waals surface area contributed by atoms with E-state index in [1.54, 1.807) is 36.9 Å². The van der Waals surface area contributed by atoms with Crippen LogP contribution in [0, 0.1) is 32.1 Å². The molecule has 0 aromatic heterocycles. The second-order valence-electron chi connectivity index (χ2n) is 9.83. The molecule has 1 aliphatic rings. The molecule has 2 aromatic rings. The molecule has 0 saturated heterocycles. The van der Waals surface area contributed by atoms with Crippen LogP contribution in [0.3, 0.4) is 0 Å². The van der Waals surface area contributed by atoms with Crippen molar-refractivity contribution in [3.63, 3.8) is 0 Å². The second kappa shape index (κ2) is 8.77. The van der Waals surface area contributed by atoms with E-state index in [2.05, 4.69) is 18.6 Å². The molecule has 2 aromatic carbocycles. The van der Waals surface area contributed by atoms with Gasteiger partial charge in [-0.15, -0.1) is 0 Å². The molecule has 0 atom stereocenters. The van der Waals surface area contributed by atoms with Crippen LogP contribution in [-0.4, -0.2) is 27.5 Å². The van der Waals surface area contributed by atoms with Crippen LogP contribution < -0.4 is 14.4 Å². The number of sulfonamides is 1. The largest absolute Gasteiger partial charge is 0.490 e. The third-order valence-electron chi connectivity index (χ3n) is 5.72. The molecule has 0 bridgehead atoms. The van der Waals surface area contributed by atoms with E-state index >= 15 is 0 Å². The quantitative estimate of drug-likeness (QED) is 0.645. The summed E-state index contributed by atoms with van der Waals surface area (Å²) in [5, 5.41) is 0. The van der Waals surface area contributed by atoms with Crippen molar-refractivity contribution >= 4 is 27.3 Å². The highest BCUT2D eigenvalue weighted by Crippen LogP contribution is 2.39. The van der Waals surface area contributed by atoms with E-state index in [1.807, 2.05) is 32.9 Å². The molecule has 32 heavy (non-hydrogen) atoms. The SMILES string of the molecule is Cc1cc(C)c(S(=O)(=O)Nc2ccc3c(c2)OCC(C)(C)C(=O)N3CCC(C)C)c(C)c1. The maximum atomic E-state index is 13.2. The summed E-state index contributed by atoms with van der Waals surface area (Å²) in [6.45, 7) is 14.3. The summed E-state index contributed by atoms with van der Waals surface area (Å²) in [5.74, 6) is 0.965. The fourth-order valence-corrected chi connectivity index (χ4v) is 5.62. The van der Waals surface area contributed by atoms with Crippen LogP contribution >= 0.6 is 0 Å². The molecule has 1 heterocycles. The van der Waals surface area contributed by atoms with Crippen molar-refractivity contribution in [3.8, 4) is 5.75 Å². The molecule has 0 saturated carbocycles. The highest BCUT2D eigenvalue weighted by molar-refractivity contribution is 7.92. The maximum Gasteiger partial charge on any atom is 0.262 e. The molecular formula is C25H34N2O4S. The van der Waals surface area contributed by atoms with Gasteiger partial charge in [0.15, 0.2) is 0 Å². The Morgan fingerprint density at radius 1 is 1.09 bits per heavy atom. The summed E-state index contributed by atoms with van der Waals surface area (Å²) < 4.78 is 35.0. The van der Waals surface area contributed by atoms with E-state index in [4.69, 9.17) is 4.74 Å². The molecule has 0 unspecified atom stereocenters. The summed E-state index contributed by atoms with van der Waals surface area (Å²) in [7, 11) is -3.78. The highest BCUT2D eigenvalue weighted by atomic mass is 32.2. The molecule has 7 heteroatoms. The van der Waals surface area contributed by atoms with Crippen LogP contribution in [0.4, 0.5) is 11.4 Å².